The van der Waals surface area contributed by atoms with Crippen molar-refractivity contribution >= 4 is 22.4 Å². The zero-order valence-electron chi connectivity index (χ0n) is 14.1. The molecule has 0 aliphatic heterocycles. The molecule has 7 heteroatoms. The van der Waals surface area contributed by atoms with Gasteiger partial charge in [0.25, 0.3) is 10.0 Å². The maximum atomic E-state index is 12.7. The highest BCUT2D eigenvalue weighted by atomic mass is 32.2. The third kappa shape index (κ3) is 5.35. The molecule has 6 nitrogen and oxygen atoms in total. The van der Waals surface area contributed by atoms with Gasteiger partial charge < -0.3 is 9.53 Å². The summed E-state index contributed by atoms with van der Waals surface area (Å²) >= 11 is 0. The van der Waals surface area contributed by atoms with E-state index in [0.29, 0.717) is 10.6 Å². The second kappa shape index (κ2) is 7.12. The number of rotatable bonds is 5. The first kappa shape index (κ1) is 19.2. The van der Waals surface area contributed by atoms with Gasteiger partial charge in [-0.3, -0.25) is 0 Å². The Balaban J connectivity index is 3.23. The van der Waals surface area contributed by atoms with Crippen LogP contribution in [0.5, 0.6) is 0 Å². The van der Waals surface area contributed by atoms with Crippen molar-refractivity contribution in [2.75, 3.05) is 6.54 Å². The Labute approximate surface area is 137 Å². The second-order valence-electron chi connectivity index (χ2n) is 6.44. The minimum atomic E-state index is -4.09. The van der Waals surface area contributed by atoms with Crippen molar-refractivity contribution in [1.82, 2.24) is 4.31 Å². The predicted octanol–water partition coefficient (Wildman–Crippen LogP) is 2.76. The van der Waals surface area contributed by atoms with Gasteiger partial charge in [-0.25, -0.2) is 13.2 Å². The molecule has 0 radical (unpaired) electrons. The van der Waals surface area contributed by atoms with Gasteiger partial charge in [-0.15, -0.1) is 0 Å². The van der Waals surface area contributed by atoms with Crippen LogP contribution in [0.4, 0.5) is 4.79 Å². The van der Waals surface area contributed by atoms with Crippen LogP contribution in [0.2, 0.25) is 0 Å². The molecule has 128 valence electrons. The number of ether oxygens (including phenoxy) is 1. The van der Waals surface area contributed by atoms with Crippen LogP contribution >= 0.6 is 0 Å². The number of aldehydes is 1. The number of sulfonamides is 1. The highest BCUT2D eigenvalue weighted by Gasteiger charge is 2.34. The zero-order valence-corrected chi connectivity index (χ0v) is 14.9. The summed E-state index contributed by atoms with van der Waals surface area (Å²) in [7, 11) is -4.09. The summed E-state index contributed by atoms with van der Waals surface area (Å²) in [6.07, 6.45) is -0.394. The Bertz CT molecular complexity index is 659. The maximum Gasteiger partial charge on any atom is 0.424 e. The summed E-state index contributed by atoms with van der Waals surface area (Å²) in [5.41, 5.74) is 0.0526. The first-order chi connectivity index (χ1) is 10.5. The van der Waals surface area contributed by atoms with E-state index >= 15 is 0 Å². The van der Waals surface area contributed by atoms with Gasteiger partial charge in [0.05, 0.1) is 4.90 Å². The standard InChI is InChI=1S/C16H23NO5S/c1-12-6-8-14(9-7-12)23(20,21)17(10-13(2)11-18)15(19)22-16(3,4)5/h6-9,11,13H,10H2,1-5H3/t13-/m0/s1. The van der Waals surface area contributed by atoms with E-state index in [-0.39, 0.29) is 11.4 Å². The van der Waals surface area contributed by atoms with Crippen molar-refractivity contribution < 1.29 is 22.7 Å². The van der Waals surface area contributed by atoms with Crippen molar-refractivity contribution in [3.8, 4) is 0 Å². The fourth-order valence-electron chi connectivity index (χ4n) is 1.73. The number of nitrogens with zero attached hydrogens (tertiary/aromatic N) is 1. The fraction of sp³-hybridized carbons (Fsp3) is 0.500. The van der Waals surface area contributed by atoms with Gasteiger partial charge in [-0.1, -0.05) is 24.6 Å². The average molecular weight is 341 g/mol. The Hall–Kier alpha value is -1.89. The molecular formula is C16H23NO5S. The Morgan fingerprint density at radius 1 is 1.26 bits per heavy atom. The zero-order chi connectivity index (χ0) is 17.8. The van der Waals surface area contributed by atoms with Crippen molar-refractivity contribution in [2.24, 2.45) is 5.92 Å². The van der Waals surface area contributed by atoms with Gasteiger partial charge in [-0.05, 0) is 39.8 Å². The van der Waals surface area contributed by atoms with Gasteiger partial charge in [0, 0.05) is 12.5 Å². The van der Waals surface area contributed by atoms with Crippen LogP contribution in [0.25, 0.3) is 0 Å². The summed E-state index contributed by atoms with van der Waals surface area (Å²) in [5, 5.41) is 0. The van der Waals surface area contributed by atoms with Gasteiger partial charge in [-0.2, -0.15) is 4.31 Å². The molecule has 1 aromatic rings. The molecule has 0 bridgehead atoms. The molecule has 0 spiro atoms. The van der Waals surface area contributed by atoms with Crippen LogP contribution in [0.3, 0.4) is 0 Å². The molecular weight excluding hydrogens is 318 g/mol. The van der Waals surface area contributed by atoms with E-state index in [1.807, 2.05) is 6.92 Å². The third-order valence-electron chi connectivity index (χ3n) is 2.89. The molecule has 23 heavy (non-hydrogen) atoms. The van der Waals surface area contributed by atoms with Crippen molar-refractivity contribution in [3.05, 3.63) is 29.8 Å². The average Bonchev–Trinajstić information content (AvgIpc) is 2.42. The molecule has 0 N–H and O–H groups in total. The minimum absolute atomic E-state index is 0.0212. The maximum absolute atomic E-state index is 12.7. The summed E-state index contributed by atoms with van der Waals surface area (Å²) in [6, 6.07) is 6.13. The summed E-state index contributed by atoms with van der Waals surface area (Å²) in [5.74, 6) is -0.636. The first-order valence-corrected chi connectivity index (χ1v) is 8.69. The number of benzene rings is 1. The number of aryl methyl sites for hydroxylation is 1. The van der Waals surface area contributed by atoms with Gasteiger partial charge in [0.1, 0.15) is 11.9 Å². The smallest absolute Gasteiger partial charge is 0.424 e. The number of carbonyl (C=O) groups is 2. The van der Waals surface area contributed by atoms with Crippen LogP contribution in [-0.2, 0) is 19.6 Å². The summed E-state index contributed by atoms with van der Waals surface area (Å²) < 4.78 is 31.2. The van der Waals surface area contributed by atoms with Crippen molar-refractivity contribution in [3.63, 3.8) is 0 Å². The Kier molecular flexibility index (Phi) is 5.93. The minimum Gasteiger partial charge on any atom is -0.443 e. The SMILES string of the molecule is Cc1ccc(S(=O)(=O)N(C[C@H](C)C=O)C(=O)OC(C)(C)C)cc1. The normalized spacial score (nSPS) is 13.3. The molecule has 1 rings (SSSR count). The fourth-order valence-corrected chi connectivity index (χ4v) is 3.13. The molecule has 1 atom stereocenters. The predicted molar refractivity (Wildman–Crippen MR) is 86.5 cm³/mol. The lowest BCUT2D eigenvalue weighted by Crippen LogP contribution is -2.43. The topological polar surface area (TPSA) is 80.8 Å². The molecule has 1 amide bonds. The van der Waals surface area contributed by atoms with E-state index < -0.39 is 27.6 Å². The van der Waals surface area contributed by atoms with E-state index in [1.165, 1.54) is 19.1 Å². The third-order valence-corrected chi connectivity index (χ3v) is 4.64. The molecule has 0 aliphatic rings. The number of hydrogen-bond donors (Lipinski definition) is 0. The molecule has 1 aromatic carbocycles. The first-order valence-electron chi connectivity index (χ1n) is 7.25. The quantitative estimate of drug-likeness (QED) is 0.769. The highest BCUT2D eigenvalue weighted by molar-refractivity contribution is 7.89. The lowest BCUT2D eigenvalue weighted by Gasteiger charge is -2.27. The van der Waals surface area contributed by atoms with E-state index in [9.17, 15) is 18.0 Å². The number of hydrogen-bond acceptors (Lipinski definition) is 5. The van der Waals surface area contributed by atoms with E-state index in [0.717, 1.165) is 5.56 Å². The summed E-state index contributed by atoms with van der Waals surface area (Å²) in [4.78, 5) is 23.2. The van der Waals surface area contributed by atoms with Gasteiger partial charge in [0.15, 0.2) is 0 Å². The highest BCUT2D eigenvalue weighted by Crippen LogP contribution is 2.20. The second-order valence-corrected chi connectivity index (χ2v) is 8.31. The van der Waals surface area contributed by atoms with Crippen LogP contribution in [0, 0.1) is 12.8 Å². The molecule has 0 fully saturated rings. The number of amides is 1. The molecule has 0 saturated heterocycles. The summed E-state index contributed by atoms with van der Waals surface area (Å²) in [6.45, 7) is 8.03. The van der Waals surface area contributed by atoms with E-state index in [2.05, 4.69) is 0 Å². The van der Waals surface area contributed by atoms with Crippen LogP contribution in [0.1, 0.15) is 33.3 Å². The van der Waals surface area contributed by atoms with Crippen LogP contribution in [0.15, 0.2) is 29.2 Å². The van der Waals surface area contributed by atoms with Crippen LogP contribution in [-0.4, -0.2) is 37.2 Å². The Morgan fingerprint density at radius 2 is 1.78 bits per heavy atom. The molecule has 0 unspecified atom stereocenters. The van der Waals surface area contributed by atoms with Crippen molar-refractivity contribution in [2.45, 2.75) is 45.1 Å². The van der Waals surface area contributed by atoms with Crippen LogP contribution < -0.4 is 0 Å². The van der Waals surface area contributed by atoms with Crippen molar-refractivity contribution in [1.29, 1.82) is 0 Å². The lowest BCUT2D eigenvalue weighted by atomic mass is 10.2. The monoisotopic (exact) mass is 341 g/mol. The Morgan fingerprint density at radius 3 is 2.22 bits per heavy atom. The largest absolute Gasteiger partial charge is 0.443 e. The molecule has 0 aliphatic carbocycles. The molecule has 0 heterocycles. The lowest BCUT2D eigenvalue weighted by molar-refractivity contribution is -0.110. The van der Waals surface area contributed by atoms with Gasteiger partial charge >= 0.3 is 6.09 Å². The molecule has 0 aromatic heterocycles. The van der Waals surface area contributed by atoms with Gasteiger partial charge in [0.2, 0.25) is 0 Å². The van der Waals surface area contributed by atoms with E-state index in [1.54, 1.807) is 32.9 Å². The number of carbonyl (C=O) groups excluding carboxylic acids is 2. The van der Waals surface area contributed by atoms with E-state index in [4.69, 9.17) is 4.74 Å². The molecule has 0 saturated carbocycles.